The topological polar surface area (TPSA) is 61.4 Å². The Bertz CT molecular complexity index is 595. The normalized spacial score (nSPS) is 23.5. The summed E-state index contributed by atoms with van der Waals surface area (Å²) in [4.78, 5) is 2.49. The first-order valence-corrected chi connectivity index (χ1v) is 11.1. The van der Waals surface area contributed by atoms with Crippen molar-refractivity contribution in [2.45, 2.75) is 38.8 Å². The fourth-order valence-corrected chi connectivity index (χ4v) is 4.98. The molecule has 1 aliphatic heterocycles. The minimum Gasteiger partial charge on any atom is -0.317 e. The Balaban J connectivity index is 1.60. The van der Waals surface area contributed by atoms with Crippen molar-refractivity contribution in [3.8, 4) is 0 Å². The molecule has 0 aromatic carbocycles. The SMILES string of the molecule is CCS(=O)(=O)NCCN(Cc1ccsc1)[C@@H]1CC12CCNCC2. The summed E-state index contributed by atoms with van der Waals surface area (Å²) in [6, 6.07) is 2.78. The Labute approximate surface area is 143 Å². The summed E-state index contributed by atoms with van der Waals surface area (Å²) in [6.07, 6.45) is 3.76. The molecule has 7 heteroatoms. The highest BCUT2D eigenvalue weighted by molar-refractivity contribution is 7.89. The van der Waals surface area contributed by atoms with Crippen LogP contribution in [0, 0.1) is 5.41 Å². The van der Waals surface area contributed by atoms with Crippen LogP contribution in [0.15, 0.2) is 16.8 Å². The smallest absolute Gasteiger partial charge is 0.211 e. The van der Waals surface area contributed by atoms with Gasteiger partial charge in [0.1, 0.15) is 0 Å². The average Bonchev–Trinajstić information content (AvgIpc) is 2.97. The lowest BCUT2D eigenvalue weighted by molar-refractivity contribution is 0.198. The van der Waals surface area contributed by atoms with Gasteiger partial charge in [0.2, 0.25) is 10.0 Å². The van der Waals surface area contributed by atoms with E-state index < -0.39 is 10.0 Å². The number of sulfonamides is 1. The number of rotatable bonds is 8. The lowest BCUT2D eigenvalue weighted by Gasteiger charge is -2.29. The van der Waals surface area contributed by atoms with Crippen molar-refractivity contribution in [2.24, 2.45) is 5.41 Å². The fraction of sp³-hybridized carbons (Fsp3) is 0.750. The van der Waals surface area contributed by atoms with E-state index in [1.165, 1.54) is 24.8 Å². The van der Waals surface area contributed by atoms with Gasteiger partial charge >= 0.3 is 0 Å². The van der Waals surface area contributed by atoms with Crippen LogP contribution in [0.4, 0.5) is 0 Å². The third kappa shape index (κ3) is 4.33. The molecule has 3 rings (SSSR count). The summed E-state index contributed by atoms with van der Waals surface area (Å²) in [6.45, 7) is 6.13. The second-order valence-electron chi connectivity index (χ2n) is 6.73. The molecule has 0 bridgehead atoms. The predicted molar refractivity (Wildman–Crippen MR) is 95.1 cm³/mol. The molecule has 0 unspecified atom stereocenters. The van der Waals surface area contributed by atoms with Crippen molar-refractivity contribution >= 4 is 21.4 Å². The van der Waals surface area contributed by atoms with E-state index in [0.29, 0.717) is 18.0 Å². The van der Waals surface area contributed by atoms with Gasteiger partial charge in [-0.15, -0.1) is 0 Å². The number of nitrogens with zero attached hydrogens (tertiary/aromatic N) is 1. The van der Waals surface area contributed by atoms with E-state index in [1.807, 2.05) is 0 Å². The van der Waals surface area contributed by atoms with Gasteiger partial charge in [0.05, 0.1) is 5.75 Å². The van der Waals surface area contributed by atoms with Crippen molar-refractivity contribution in [1.82, 2.24) is 14.9 Å². The molecular formula is C16H27N3O2S2. The van der Waals surface area contributed by atoms with Gasteiger partial charge in [-0.3, -0.25) is 4.90 Å². The highest BCUT2D eigenvalue weighted by Gasteiger charge is 2.56. The van der Waals surface area contributed by atoms with Crippen LogP contribution in [-0.4, -0.2) is 51.3 Å². The maximum Gasteiger partial charge on any atom is 0.211 e. The van der Waals surface area contributed by atoms with Gasteiger partial charge in [0.15, 0.2) is 0 Å². The van der Waals surface area contributed by atoms with Gasteiger partial charge in [0, 0.05) is 25.7 Å². The molecule has 5 nitrogen and oxygen atoms in total. The van der Waals surface area contributed by atoms with Crippen LogP contribution in [-0.2, 0) is 16.6 Å². The zero-order valence-corrected chi connectivity index (χ0v) is 15.4. The Morgan fingerprint density at radius 3 is 2.87 bits per heavy atom. The summed E-state index contributed by atoms with van der Waals surface area (Å²) in [7, 11) is -3.10. The molecule has 0 radical (unpaired) electrons. The van der Waals surface area contributed by atoms with Crippen LogP contribution < -0.4 is 10.0 Å². The molecule has 2 fully saturated rings. The van der Waals surface area contributed by atoms with E-state index in [-0.39, 0.29) is 5.75 Å². The standard InChI is InChI=1S/C16H27N3O2S2/c1-2-23(20,21)18-8-9-19(12-14-3-10-22-13-14)15-11-16(15)4-6-17-7-5-16/h3,10,13,15,17-18H,2,4-9,11-12H2,1H3/t15-/m1/s1. The minimum atomic E-state index is -3.10. The number of nitrogens with one attached hydrogen (secondary N) is 2. The van der Waals surface area contributed by atoms with Crippen LogP contribution in [0.2, 0.25) is 0 Å². The lowest BCUT2D eigenvalue weighted by Crippen LogP contribution is -2.40. The number of piperidine rings is 1. The summed E-state index contributed by atoms with van der Waals surface area (Å²) in [5.74, 6) is 0.149. The molecule has 1 aliphatic carbocycles. The monoisotopic (exact) mass is 357 g/mol. The van der Waals surface area contributed by atoms with Crippen LogP contribution in [0.5, 0.6) is 0 Å². The van der Waals surface area contributed by atoms with Crippen LogP contribution in [0.1, 0.15) is 31.7 Å². The third-order valence-corrected chi connectivity index (χ3v) is 7.39. The molecule has 1 aromatic heterocycles. The van der Waals surface area contributed by atoms with Crippen LogP contribution in [0.3, 0.4) is 0 Å². The molecular weight excluding hydrogens is 330 g/mol. The Morgan fingerprint density at radius 2 is 2.22 bits per heavy atom. The van der Waals surface area contributed by atoms with E-state index in [1.54, 1.807) is 18.3 Å². The Hall–Kier alpha value is -0.470. The van der Waals surface area contributed by atoms with Crippen molar-refractivity contribution in [3.63, 3.8) is 0 Å². The van der Waals surface area contributed by atoms with Crippen molar-refractivity contribution < 1.29 is 8.42 Å². The predicted octanol–water partition coefficient (Wildman–Crippen LogP) is 1.63. The van der Waals surface area contributed by atoms with Gasteiger partial charge in [-0.1, -0.05) is 0 Å². The number of hydrogen-bond acceptors (Lipinski definition) is 5. The van der Waals surface area contributed by atoms with Crippen LogP contribution >= 0.6 is 11.3 Å². The van der Waals surface area contributed by atoms with E-state index in [4.69, 9.17) is 0 Å². The molecule has 1 saturated heterocycles. The fourth-order valence-electron chi connectivity index (χ4n) is 3.71. The third-order valence-electron chi connectivity index (χ3n) is 5.25. The molecule has 2 N–H and O–H groups in total. The van der Waals surface area contributed by atoms with Crippen molar-refractivity contribution in [2.75, 3.05) is 31.9 Å². The Kier molecular flexibility index (Phi) is 5.42. The summed E-state index contributed by atoms with van der Waals surface area (Å²) in [5, 5.41) is 7.75. The molecule has 2 heterocycles. The van der Waals surface area contributed by atoms with E-state index >= 15 is 0 Å². The molecule has 2 aliphatic rings. The molecule has 1 atom stereocenters. The van der Waals surface area contributed by atoms with Gasteiger partial charge in [-0.05, 0) is 67.1 Å². The van der Waals surface area contributed by atoms with E-state index in [9.17, 15) is 8.42 Å². The molecule has 1 saturated carbocycles. The summed E-state index contributed by atoms with van der Waals surface area (Å²) >= 11 is 1.72. The van der Waals surface area contributed by atoms with Gasteiger partial charge in [-0.2, -0.15) is 11.3 Å². The van der Waals surface area contributed by atoms with Gasteiger partial charge in [-0.25, -0.2) is 13.1 Å². The molecule has 23 heavy (non-hydrogen) atoms. The maximum atomic E-state index is 11.6. The highest BCUT2D eigenvalue weighted by atomic mass is 32.2. The van der Waals surface area contributed by atoms with E-state index in [0.717, 1.165) is 26.2 Å². The largest absolute Gasteiger partial charge is 0.317 e. The first kappa shape index (κ1) is 17.4. The maximum absolute atomic E-state index is 11.6. The van der Waals surface area contributed by atoms with Crippen molar-refractivity contribution in [3.05, 3.63) is 22.4 Å². The zero-order chi connectivity index (χ0) is 16.3. The number of thiophene rings is 1. The second kappa shape index (κ2) is 7.19. The quantitative estimate of drug-likeness (QED) is 0.742. The van der Waals surface area contributed by atoms with Crippen LogP contribution in [0.25, 0.3) is 0 Å². The van der Waals surface area contributed by atoms with Gasteiger partial charge < -0.3 is 5.32 Å². The minimum absolute atomic E-state index is 0.149. The lowest BCUT2D eigenvalue weighted by atomic mass is 9.93. The summed E-state index contributed by atoms with van der Waals surface area (Å²) < 4.78 is 26.0. The molecule has 1 spiro atoms. The zero-order valence-electron chi connectivity index (χ0n) is 13.8. The Morgan fingerprint density at radius 1 is 1.43 bits per heavy atom. The van der Waals surface area contributed by atoms with Gasteiger partial charge in [0.25, 0.3) is 0 Å². The molecule has 130 valence electrons. The second-order valence-corrected chi connectivity index (χ2v) is 9.61. The summed E-state index contributed by atoms with van der Waals surface area (Å²) in [5.41, 5.74) is 1.81. The first-order valence-electron chi connectivity index (χ1n) is 8.48. The van der Waals surface area contributed by atoms with Crippen molar-refractivity contribution in [1.29, 1.82) is 0 Å². The highest BCUT2D eigenvalue weighted by Crippen LogP contribution is 2.55. The molecule has 1 aromatic rings. The number of hydrogen-bond donors (Lipinski definition) is 2. The average molecular weight is 358 g/mol. The molecule has 0 amide bonds. The first-order chi connectivity index (χ1) is 11.0. The van der Waals surface area contributed by atoms with E-state index in [2.05, 4.69) is 31.8 Å².